The van der Waals surface area contributed by atoms with Crippen molar-refractivity contribution in [3.63, 3.8) is 0 Å². The molecule has 6 nitrogen and oxygen atoms in total. The van der Waals surface area contributed by atoms with Crippen LogP contribution < -0.4 is 15.5 Å². The number of anilines is 1. The van der Waals surface area contributed by atoms with Gasteiger partial charge in [0.1, 0.15) is 0 Å². The number of hydrogen-bond acceptors (Lipinski definition) is 5. The van der Waals surface area contributed by atoms with Crippen LogP contribution in [0.4, 0.5) is 5.69 Å². The Hall–Kier alpha value is -1.92. The Morgan fingerprint density at radius 1 is 0.967 bits per heavy atom. The summed E-state index contributed by atoms with van der Waals surface area (Å²) in [6.45, 7) is 8.51. The largest absolute Gasteiger partial charge is 0.370 e. The second kappa shape index (κ2) is 8.31. The van der Waals surface area contributed by atoms with Crippen LogP contribution in [0.15, 0.2) is 24.3 Å². The molecule has 1 atom stereocenters. The third kappa shape index (κ3) is 4.12. The van der Waals surface area contributed by atoms with Gasteiger partial charge in [-0.1, -0.05) is 12.1 Å². The molecule has 5 rings (SSSR count). The number of nitrogens with zero attached hydrogens (tertiary/aromatic N) is 2. The Bertz CT molecular complexity index is 771. The van der Waals surface area contributed by atoms with Crippen molar-refractivity contribution in [3.05, 3.63) is 29.8 Å². The van der Waals surface area contributed by atoms with Crippen LogP contribution in [0, 0.1) is 11.3 Å². The lowest BCUT2D eigenvalue weighted by Crippen LogP contribution is -2.60. The predicted octanol–water partition coefficient (Wildman–Crippen LogP) is 2.11. The van der Waals surface area contributed by atoms with Crippen molar-refractivity contribution >= 4 is 17.5 Å². The first-order chi connectivity index (χ1) is 14.6. The highest BCUT2D eigenvalue weighted by Gasteiger charge is 2.45. The predicted molar refractivity (Wildman–Crippen MR) is 117 cm³/mol. The average molecular weight is 411 g/mol. The Labute approximate surface area is 179 Å². The van der Waals surface area contributed by atoms with E-state index in [9.17, 15) is 9.59 Å². The van der Waals surface area contributed by atoms with Gasteiger partial charge in [-0.25, -0.2) is 0 Å². The minimum Gasteiger partial charge on any atom is -0.370 e. The topological polar surface area (TPSA) is 64.7 Å². The zero-order valence-electron chi connectivity index (χ0n) is 17.9. The number of rotatable bonds is 4. The van der Waals surface area contributed by atoms with Crippen LogP contribution in [-0.2, 0) is 9.59 Å². The highest BCUT2D eigenvalue weighted by atomic mass is 16.2. The van der Waals surface area contributed by atoms with E-state index in [1.54, 1.807) is 0 Å². The van der Waals surface area contributed by atoms with E-state index in [-0.39, 0.29) is 17.7 Å². The first-order valence-electron chi connectivity index (χ1n) is 11.7. The summed E-state index contributed by atoms with van der Waals surface area (Å²) in [5.41, 5.74) is 2.78. The molecule has 0 radical (unpaired) electrons. The summed E-state index contributed by atoms with van der Waals surface area (Å²) >= 11 is 0. The van der Waals surface area contributed by atoms with E-state index in [0.29, 0.717) is 18.3 Å². The normalized spacial score (nSPS) is 27.7. The molecule has 162 valence electrons. The number of hydrogen-bond donors (Lipinski definition) is 2. The van der Waals surface area contributed by atoms with E-state index in [1.165, 1.54) is 64.1 Å². The minimum absolute atomic E-state index is 0.152. The lowest BCUT2D eigenvalue weighted by atomic mass is 9.71. The Morgan fingerprint density at radius 2 is 1.67 bits per heavy atom. The third-order valence-corrected chi connectivity index (χ3v) is 7.84. The summed E-state index contributed by atoms with van der Waals surface area (Å²) in [6.07, 6.45) is 6.37. The van der Waals surface area contributed by atoms with Gasteiger partial charge in [0.2, 0.25) is 11.8 Å². The summed E-state index contributed by atoms with van der Waals surface area (Å²) in [5.74, 6) is 0.392. The van der Waals surface area contributed by atoms with E-state index in [1.807, 2.05) is 0 Å². The molecule has 4 aliphatic rings. The molecule has 0 aromatic heterocycles. The second-order valence-electron chi connectivity index (χ2n) is 9.95. The molecule has 0 bridgehead atoms. The lowest BCUT2D eigenvalue weighted by Gasteiger charge is -2.55. The highest BCUT2D eigenvalue weighted by molar-refractivity contribution is 6.00. The number of imide groups is 1. The van der Waals surface area contributed by atoms with E-state index in [4.69, 9.17) is 0 Å². The fraction of sp³-hybridized carbons (Fsp3) is 0.667. The van der Waals surface area contributed by atoms with Gasteiger partial charge in [-0.2, -0.15) is 0 Å². The van der Waals surface area contributed by atoms with Crippen molar-refractivity contribution in [2.45, 2.75) is 44.4 Å². The molecule has 0 aliphatic carbocycles. The van der Waals surface area contributed by atoms with E-state index < -0.39 is 0 Å². The number of likely N-dealkylation sites (tertiary alicyclic amines) is 1. The summed E-state index contributed by atoms with van der Waals surface area (Å²) in [5, 5.41) is 5.93. The van der Waals surface area contributed by atoms with Crippen molar-refractivity contribution < 1.29 is 9.59 Å². The van der Waals surface area contributed by atoms with Crippen molar-refractivity contribution in [1.29, 1.82) is 0 Å². The van der Waals surface area contributed by atoms with Crippen LogP contribution in [-0.4, -0.2) is 62.5 Å². The van der Waals surface area contributed by atoms with Crippen molar-refractivity contribution in [1.82, 2.24) is 15.5 Å². The number of nitrogens with one attached hydrogen (secondary N) is 2. The van der Waals surface area contributed by atoms with Gasteiger partial charge in [-0.05, 0) is 81.9 Å². The smallest absolute Gasteiger partial charge is 0.234 e. The SMILES string of the molecule is O=C1CCC(c2ccc(N3CC4(CCN(CC5CCNCC5)CC4)C3)cc2)C(=O)N1. The number of carbonyl (C=O) groups is 2. The maximum absolute atomic E-state index is 12.1. The molecule has 1 aromatic rings. The van der Waals surface area contributed by atoms with Gasteiger partial charge in [0.25, 0.3) is 0 Å². The number of benzene rings is 1. The number of carbonyl (C=O) groups excluding carboxylic acids is 2. The van der Waals surface area contributed by atoms with E-state index in [0.717, 1.165) is 24.6 Å². The van der Waals surface area contributed by atoms with Gasteiger partial charge >= 0.3 is 0 Å². The molecule has 4 fully saturated rings. The molecule has 1 spiro atoms. The zero-order chi connectivity index (χ0) is 20.6. The molecule has 1 aromatic carbocycles. The number of amides is 2. The van der Waals surface area contributed by atoms with Crippen molar-refractivity contribution in [2.75, 3.05) is 50.7 Å². The minimum atomic E-state index is -0.191. The first-order valence-corrected chi connectivity index (χ1v) is 11.7. The van der Waals surface area contributed by atoms with Gasteiger partial charge in [0.15, 0.2) is 0 Å². The summed E-state index contributed by atoms with van der Waals surface area (Å²) < 4.78 is 0. The van der Waals surface area contributed by atoms with Gasteiger partial charge in [-0.15, -0.1) is 0 Å². The van der Waals surface area contributed by atoms with Gasteiger partial charge < -0.3 is 15.1 Å². The maximum Gasteiger partial charge on any atom is 0.234 e. The molecule has 4 aliphatic heterocycles. The molecular formula is C24H34N4O2. The Kier molecular flexibility index (Phi) is 5.54. The van der Waals surface area contributed by atoms with Crippen molar-refractivity contribution in [2.24, 2.45) is 11.3 Å². The molecule has 4 heterocycles. The van der Waals surface area contributed by atoms with Crippen molar-refractivity contribution in [3.8, 4) is 0 Å². The molecule has 0 saturated carbocycles. The van der Waals surface area contributed by atoms with Crippen LogP contribution in [0.3, 0.4) is 0 Å². The van der Waals surface area contributed by atoms with Gasteiger partial charge in [0.05, 0.1) is 5.92 Å². The first kappa shape index (κ1) is 20.0. The Balaban J connectivity index is 1.11. The Morgan fingerprint density at radius 3 is 2.33 bits per heavy atom. The molecule has 6 heteroatoms. The molecule has 4 saturated heterocycles. The van der Waals surface area contributed by atoms with E-state index >= 15 is 0 Å². The summed E-state index contributed by atoms with van der Waals surface area (Å²) in [7, 11) is 0. The molecule has 30 heavy (non-hydrogen) atoms. The van der Waals surface area contributed by atoms with Crippen LogP contribution in [0.1, 0.15) is 50.0 Å². The van der Waals surface area contributed by atoms with Gasteiger partial charge in [0, 0.05) is 37.2 Å². The van der Waals surface area contributed by atoms with Crippen LogP contribution in [0.2, 0.25) is 0 Å². The molecule has 2 N–H and O–H groups in total. The highest BCUT2D eigenvalue weighted by Crippen LogP contribution is 2.43. The maximum atomic E-state index is 12.1. The summed E-state index contributed by atoms with van der Waals surface area (Å²) in [4.78, 5) is 28.6. The third-order valence-electron chi connectivity index (χ3n) is 7.84. The lowest BCUT2D eigenvalue weighted by molar-refractivity contribution is -0.134. The van der Waals surface area contributed by atoms with E-state index in [2.05, 4.69) is 44.7 Å². The molecular weight excluding hydrogens is 376 g/mol. The van der Waals surface area contributed by atoms with Crippen LogP contribution in [0.5, 0.6) is 0 Å². The fourth-order valence-electron chi connectivity index (χ4n) is 5.83. The standard InChI is InChI=1S/C24H34N4O2/c29-22-6-5-21(23(30)26-22)19-1-3-20(4-2-19)28-16-24(17-28)9-13-27(14-10-24)15-18-7-11-25-12-8-18/h1-4,18,21,25H,5-17H2,(H,26,29,30). The fourth-order valence-corrected chi connectivity index (χ4v) is 5.83. The zero-order valence-corrected chi connectivity index (χ0v) is 17.9. The van der Waals surface area contributed by atoms with Crippen LogP contribution in [0.25, 0.3) is 0 Å². The van der Waals surface area contributed by atoms with Gasteiger partial charge in [-0.3, -0.25) is 14.9 Å². The molecule has 2 amide bonds. The number of piperidine rings is 3. The summed E-state index contributed by atoms with van der Waals surface area (Å²) in [6, 6.07) is 8.44. The molecule has 1 unspecified atom stereocenters. The monoisotopic (exact) mass is 410 g/mol. The second-order valence-corrected chi connectivity index (χ2v) is 9.95. The van der Waals surface area contributed by atoms with Crippen LogP contribution >= 0.6 is 0 Å². The quantitative estimate of drug-likeness (QED) is 0.745. The average Bonchev–Trinajstić information content (AvgIpc) is 2.74.